The number of ether oxygens (including phenoxy) is 3. The highest BCUT2D eigenvalue weighted by Crippen LogP contribution is 2.29. The van der Waals surface area contributed by atoms with Crippen LogP contribution in [0.3, 0.4) is 0 Å². The average molecular weight is 498 g/mol. The summed E-state index contributed by atoms with van der Waals surface area (Å²) in [6.07, 6.45) is 2.34. The Kier molecular flexibility index (Phi) is 8.79. The molecule has 1 aliphatic rings. The van der Waals surface area contributed by atoms with Gasteiger partial charge in [0.05, 0.1) is 19.3 Å². The Balaban J connectivity index is 1.64. The second kappa shape index (κ2) is 11.8. The molecule has 0 atom stereocenters. The van der Waals surface area contributed by atoms with Crippen molar-refractivity contribution in [3.8, 4) is 16.9 Å². The summed E-state index contributed by atoms with van der Waals surface area (Å²) in [5.41, 5.74) is 7.68. The first kappa shape index (κ1) is 26.8. The van der Waals surface area contributed by atoms with Crippen LogP contribution in [0.2, 0.25) is 0 Å². The lowest BCUT2D eigenvalue weighted by Crippen LogP contribution is -2.41. The minimum atomic E-state index is -0.500. The van der Waals surface area contributed by atoms with Gasteiger partial charge in [0.1, 0.15) is 11.4 Å². The van der Waals surface area contributed by atoms with Gasteiger partial charge >= 0.3 is 12.1 Å². The van der Waals surface area contributed by atoms with E-state index in [-0.39, 0.29) is 11.9 Å². The van der Waals surface area contributed by atoms with Gasteiger partial charge in [-0.15, -0.1) is 0 Å². The molecular formula is C27H35N3O6. The molecule has 1 fully saturated rings. The molecular weight excluding hydrogens is 462 g/mol. The Morgan fingerprint density at radius 3 is 2.42 bits per heavy atom. The summed E-state index contributed by atoms with van der Waals surface area (Å²) in [5.74, 6) is 0.511. The number of carbonyl (C=O) groups is 2. The van der Waals surface area contributed by atoms with E-state index in [0.29, 0.717) is 42.5 Å². The van der Waals surface area contributed by atoms with Crippen LogP contribution in [0.25, 0.3) is 11.1 Å². The van der Waals surface area contributed by atoms with E-state index in [2.05, 4.69) is 5.16 Å². The van der Waals surface area contributed by atoms with Crippen molar-refractivity contribution >= 4 is 17.9 Å². The van der Waals surface area contributed by atoms with Crippen molar-refractivity contribution in [2.45, 2.75) is 45.6 Å². The number of amidine groups is 1. The Morgan fingerprint density at radius 2 is 1.78 bits per heavy atom. The summed E-state index contributed by atoms with van der Waals surface area (Å²) in [5, 5.41) is 12.0. The Bertz CT molecular complexity index is 1100. The molecule has 0 radical (unpaired) electrons. The smallest absolute Gasteiger partial charge is 0.410 e. The summed E-state index contributed by atoms with van der Waals surface area (Å²) in [4.78, 5) is 26.3. The number of esters is 1. The third kappa shape index (κ3) is 7.37. The van der Waals surface area contributed by atoms with E-state index in [4.69, 9.17) is 25.2 Å². The summed E-state index contributed by atoms with van der Waals surface area (Å²) in [6.45, 7) is 7.41. The molecule has 0 aromatic heterocycles. The highest BCUT2D eigenvalue weighted by Gasteiger charge is 2.26. The highest BCUT2D eigenvalue weighted by molar-refractivity contribution is 5.98. The monoisotopic (exact) mass is 497 g/mol. The normalized spacial score (nSPS) is 14.9. The molecule has 1 aliphatic heterocycles. The molecule has 0 unspecified atom stereocenters. The number of oxime groups is 1. The number of methoxy groups -OCH3 is 1. The van der Waals surface area contributed by atoms with Gasteiger partial charge in [-0.05, 0) is 81.3 Å². The number of carbonyl (C=O) groups excluding carboxylic acids is 2. The molecule has 0 aliphatic carbocycles. The number of hydrogen-bond donors (Lipinski definition) is 2. The van der Waals surface area contributed by atoms with E-state index in [0.717, 1.165) is 30.4 Å². The molecule has 1 saturated heterocycles. The zero-order valence-corrected chi connectivity index (χ0v) is 21.3. The number of rotatable bonds is 7. The minimum Gasteiger partial charge on any atom is -0.494 e. The molecule has 1 amide bonds. The van der Waals surface area contributed by atoms with Crippen LogP contribution in [0.5, 0.6) is 5.75 Å². The van der Waals surface area contributed by atoms with Gasteiger partial charge in [0.25, 0.3) is 0 Å². The van der Waals surface area contributed by atoms with Crippen molar-refractivity contribution in [3.63, 3.8) is 0 Å². The fraction of sp³-hybridized carbons (Fsp3) is 0.444. The van der Waals surface area contributed by atoms with Crippen LogP contribution in [-0.4, -0.2) is 60.4 Å². The zero-order chi connectivity index (χ0) is 26.3. The minimum absolute atomic E-state index is 0.00448. The maximum Gasteiger partial charge on any atom is 0.410 e. The van der Waals surface area contributed by atoms with Crippen molar-refractivity contribution in [1.82, 2.24) is 4.90 Å². The lowest BCUT2D eigenvalue weighted by atomic mass is 9.94. The third-order valence-corrected chi connectivity index (χ3v) is 5.99. The topological polar surface area (TPSA) is 124 Å². The molecule has 2 aromatic rings. The molecule has 36 heavy (non-hydrogen) atoms. The highest BCUT2D eigenvalue weighted by atomic mass is 16.6. The van der Waals surface area contributed by atoms with Crippen molar-refractivity contribution in [2.24, 2.45) is 16.8 Å². The summed E-state index contributed by atoms with van der Waals surface area (Å²) < 4.78 is 16.4. The molecule has 0 saturated carbocycles. The quantitative estimate of drug-likeness (QED) is 0.188. The fourth-order valence-corrected chi connectivity index (χ4v) is 4.07. The molecule has 3 rings (SSSR count). The lowest BCUT2D eigenvalue weighted by molar-refractivity contribution is 0.0177. The largest absolute Gasteiger partial charge is 0.494 e. The molecule has 1 heterocycles. The number of likely N-dealkylation sites (tertiary alicyclic amines) is 1. The van der Waals surface area contributed by atoms with Crippen LogP contribution >= 0.6 is 0 Å². The predicted molar refractivity (Wildman–Crippen MR) is 136 cm³/mol. The van der Waals surface area contributed by atoms with Crippen molar-refractivity contribution in [3.05, 3.63) is 53.6 Å². The standard InChI is InChI=1S/C27H35N3O6/c1-27(2,3)36-26(32)30-11-8-18(9-12-30)10-13-35-23-16-21(15-22(17-23)25(31)34-4)19-6-5-7-20(14-19)24(28)29-33/h5-7,14-18,33H,8-13H2,1-4H3,(H2,28,29). The van der Waals surface area contributed by atoms with Gasteiger partial charge in [0.2, 0.25) is 0 Å². The molecule has 194 valence electrons. The van der Waals surface area contributed by atoms with Gasteiger partial charge in [0, 0.05) is 18.7 Å². The predicted octanol–water partition coefficient (Wildman–Crippen LogP) is 4.65. The fourth-order valence-electron chi connectivity index (χ4n) is 4.07. The van der Waals surface area contributed by atoms with Gasteiger partial charge in [-0.3, -0.25) is 0 Å². The maximum absolute atomic E-state index is 12.3. The summed E-state index contributed by atoms with van der Waals surface area (Å²) in [6, 6.07) is 12.4. The van der Waals surface area contributed by atoms with Crippen LogP contribution in [0, 0.1) is 5.92 Å². The first-order valence-electron chi connectivity index (χ1n) is 12.0. The Morgan fingerprint density at radius 1 is 1.08 bits per heavy atom. The first-order chi connectivity index (χ1) is 17.1. The molecule has 0 spiro atoms. The molecule has 3 N–H and O–H groups in total. The number of piperidine rings is 1. The van der Waals surface area contributed by atoms with Crippen molar-refractivity contribution in [1.29, 1.82) is 0 Å². The number of amides is 1. The summed E-state index contributed by atoms with van der Waals surface area (Å²) in [7, 11) is 1.33. The van der Waals surface area contributed by atoms with E-state index in [1.54, 1.807) is 35.2 Å². The number of nitrogens with zero attached hydrogens (tertiary/aromatic N) is 2. The van der Waals surface area contributed by atoms with Crippen LogP contribution in [0.15, 0.2) is 47.6 Å². The van der Waals surface area contributed by atoms with Gasteiger partial charge in [-0.1, -0.05) is 23.4 Å². The Labute approximate surface area is 211 Å². The third-order valence-electron chi connectivity index (χ3n) is 5.99. The van der Waals surface area contributed by atoms with Crippen molar-refractivity contribution in [2.75, 3.05) is 26.8 Å². The zero-order valence-electron chi connectivity index (χ0n) is 21.3. The van der Waals surface area contributed by atoms with E-state index in [9.17, 15) is 9.59 Å². The van der Waals surface area contributed by atoms with E-state index in [1.165, 1.54) is 7.11 Å². The van der Waals surface area contributed by atoms with Crippen LogP contribution in [-0.2, 0) is 9.47 Å². The summed E-state index contributed by atoms with van der Waals surface area (Å²) >= 11 is 0. The molecule has 9 nitrogen and oxygen atoms in total. The van der Waals surface area contributed by atoms with Gasteiger partial charge < -0.3 is 30.1 Å². The van der Waals surface area contributed by atoms with Crippen molar-refractivity contribution < 1.29 is 29.0 Å². The Hall–Kier alpha value is -3.75. The van der Waals surface area contributed by atoms with Gasteiger partial charge in [-0.2, -0.15) is 0 Å². The molecule has 9 heteroatoms. The van der Waals surface area contributed by atoms with E-state index < -0.39 is 11.6 Å². The van der Waals surface area contributed by atoms with E-state index >= 15 is 0 Å². The first-order valence-corrected chi connectivity index (χ1v) is 12.0. The SMILES string of the molecule is COC(=O)c1cc(OCCC2CCN(C(=O)OC(C)(C)C)CC2)cc(-c2cccc(/C(N)=N/O)c2)c1. The number of benzene rings is 2. The van der Waals surface area contributed by atoms with Crippen LogP contribution in [0.1, 0.15) is 56.0 Å². The van der Waals surface area contributed by atoms with Gasteiger partial charge in [0.15, 0.2) is 5.84 Å². The van der Waals surface area contributed by atoms with Gasteiger partial charge in [-0.25, -0.2) is 9.59 Å². The molecule has 2 aromatic carbocycles. The van der Waals surface area contributed by atoms with Crippen LogP contribution in [0.4, 0.5) is 4.79 Å². The lowest BCUT2D eigenvalue weighted by Gasteiger charge is -2.33. The maximum atomic E-state index is 12.3. The van der Waals surface area contributed by atoms with Crippen LogP contribution < -0.4 is 10.5 Å². The average Bonchev–Trinajstić information content (AvgIpc) is 2.87. The number of nitrogens with two attached hydrogens (primary N) is 1. The second-order valence-electron chi connectivity index (χ2n) is 9.85. The van der Waals surface area contributed by atoms with E-state index in [1.807, 2.05) is 32.9 Å². The number of hydrogen-bond acceptors (Lipinski definition) is 7. The second-order valence-corrected chi connectivity index (χ2v) is 9.85. The molecule has 0 bridgehead atoms.